The summed E-state index contributed by atoms with van der Waals surface area (Å²) >= 11 is 0. The van der Waals surface area contributed by atoms with Gasteiger partial charge in [-0.2, -0.15) is 0 Å². The van der Waals surface area contributed by atoms with Crippen LogP contribution < -0.4 is 10.2 Å². The average molecular weight is 196 g/mol. The van der Waals surface area contributed by atoms with Crippen molar-refractivity contribution in [2.75, 3.05) is 26.2 Å². The summed E-state index contributed by atoms with van der Waals surface area (Å²) in [5.41, 5.74) is 0.851. The minimum Gasteiger partial charge on any atom is -0.337 e. The zero-order valence-corrected chi connectivity index (χ0v) is 8.30. The lowest BCUT2D eigenvalue weighted by atomic mass is 10.2. The van der Waals surface area contributed by atoms with Gasteiger partial charge in [0.15, 0.2) is 0 Å². The molecule has 1 aliphatic rings. The molecule has 0 unspecified atom stereocenters. The highest BCUT2D eigenvalue weighted by Crippen LogP contribution is 2.03. The second-order valence-corrected chi connectivity index (χ2v) is 3.88. The van der Waals surface area contributed by atoms with Gasteiger partial charge in [0.05, 0.1) is 0 Å². The van der Waals surface area contributed by atoms with Gasteiger partial charge in [-0.25, -0.2) is 4.39 Å². The summed E-state index contributed by atoms with van der Waals surface area (Å²) in [6.45, 7) is 5.47. The Kier molecular flexibility index (Phi) is 3.11. The first kappa shape index (κ1) is 9.62. The van der Waals surface area contributed by atoms with Crippen LogP contribution in [0, 0.1) is 5.82 Å². The molecule has 0 bridgehead atoms. The van der Waals surface area contributed by atoms with Crippen molar-refractivity contribution in [1.29, 1.82) is 0 Å². The lowest BCUT2D eigenvalue weighted by Crippen LogP contribution is -3.19. The zero-order chi connectivity index (χ0) is 9.80. The van der Waals surface area contributed by atoms with Crippen LogP contribution in [-0.4, -0.2) is 26.2 Å². The van der Waals surface area contributed by atoms with Crippen LogP contribution in [0.3, 0.4) is 0 Å². The number of hydrogen-bond acceptors (Lipinski definition) is 0. The van der Waals surface area contributed by atoms with Crippen LogP contribution in [0.1, 0.15) is 5.56 Å². The summed E-state index contributed by atoms with van der Waals surface area (Å²) in [4.78, 5) is 1.50. The van der Waals surface area contributed by atoms with Gasteiger partial charge in [0.1, 0.15) is 38.5 Å². The van der Waals surface area contributed by atoms with Crippen molar-refractivity contribution in [2.45, 2.75) is 6.54 Å². The van der Waals surface area contributed by atoms with E-state index < -0.39 is 0 Å². The summed E-state index contributed by atoms with van der Waals surface area (Å²) in [5, 5.41) is 2.32. The molecular weight excluding hydrogens is 179 g/mol. The summed E-state index contributed by atoms with van der Waals surface area (Å²) in [7, 11) is 0. The lowest BCUT2D eigenvalue weighted by molar-refractivity contribution is -0.958. The Balaban J connectivity index is 1.99. The van der Waals surface area contributed by atoms with E-state index in [1.165, 1.54) is 18.0 Å². The number of rotatable bonds is 2. The quantitative estimate of drug-likeness (QED) is 0.592. The highest BCUT2D eigenvalue weighted by Gasteiger charge is 2.16. The minimum atomic E-state index is -0.0606. The third-order valence-electron chi connectivity index (χ3n) is 2.80. The SMILES string of the molecule is Fc1ccccc1C[NH+]1CC[NH2+]CC1. The van der Waals surface area contributed by atoms with Gasteiger partial charge in [0.2, 0.25) is 0 Å². The maximum Gasteiger partial charge on any atom is 0.132 e. The van der Waals surface area contributed by atoms with E-state index in [-0.39, 0.29) is 5.82 Å². The molecule has 0 amide bonds. The van der Waals surface area contributed by atoms with E-state index in [9.17, 15) is 4.39 Å². The molecule has 3 N–H and O–H groups in total. The normalized spacial score (nSPS) is 18.4. The van der Waals surface area contributed by atoms with Crippen LogP contribution in [0.25, 0.3) is 0 Å². The Morgan fingerprint density at radius 3 is 2.64 bits per heavy atom. The Morgan fingerprint density at radius 2 is 1.93 bits per heavy atom. The van der Waals surface area contributed by atoms with E-state index in [1.54, 1.807) is 12.1 Å². The Hall–Kier alpha value is -0.930. The maximum absolute atomic E-state index is 13.3. The number of benzene rings is 1. The second kappa shape index (κ2) is 4.53. The number of quaternary nitrogens is 2. The molecule has 1 aromatic rings. The van der Waals surface area contributed by atoms with Crippen LogP contribution >= 0.6 is 0 Å². The Labute approximate surface area is 83.7 Å². The second-order valence-electron chi connectivity index (χ2n) is 3.88. The predicted molar refractivity (Wildman–Crippen MR) is 52.5 cm³/mol. The molecule has 0 radical (unpaired) electrons. The van der Waals surface area contributed by atoms with Gasteiger partial charge >= 0.3 is 0 Å². The molecule has 1 aliphatic heterocycles. The number of nitrogens with one attached hydrogen (secondary N) is 1. The van der Waals surface area contributed by atoms with Gasteiger partial charge in [-0.3, -0.25) is 0 Å². The van der Waals surface area contributed by atoms with Crippen molar-refractivity contribution >= 4 is 0 Å². The van der Waals surface area contributed by atoms with Gasteiger partial charge in [-0.1, -0.05) is 18.2 Å². The molecule has 1 saturated heterocycles. The molecule has 0 saturated carbocycles. The van der Waals surface area contributed by atoms with Crippen molar-refractivity contribution in [3.63, 3.8) is 0 Å². The van der Waals surface area contributed by atoms with Crippen molar-refractivity contribution in [2.24, 2.45) is 0 Å². The molecule has 1 aromatic carbocycles. The van der Waals surface area contributed by atoms with E-state index in [0.717, 1.165) is 25.2 Å². The van der Waals surface area contributed by atoms with Gasteiger partial charge in [-0.05, 0) is 6.07 Å². The Morgan fingerprint density at radius 1 is 1.21 bits per heavy atom. The number of hydrogen-bond donors (Lipinski definition) is 2. The minimum absolute atomic E-state index is 0.0606. The molecule has 0 atom stereocenters. The van der Waals surface area contributed by atoms with Gasteiger partial charge < -0.3 is 10.2 Å². The van der Waals surface area contributed by atoms with Crippen molar-refractivity contribution in [1.82, 2.24) is 0 Å². The molecule has 1 heterocycles. The number of nitrogens with two attached hydrogens (primary N) is 1. The standard InChI is InChI=1S/C11H15FN2/c12-11-4-2-1-3-10(11)9-14-7-5-13-6-8-14/h1-4,13H,5-9H2/p+2. The first-order valence-electron chi connectivity index (χ1n) is 5.25. The first-order chi connectivity index (χ1) is 6.86. The maximum atomic E-state index is 13.3. The highest BCUT2D eigenvalue weighted by molar-refractivity contribution is 5.15. The number of piperazine rings is 1. The van der Waals surface area contributed by atoms with Gasteiger partial charge in [0, 0.05) is 5.56 Å². The summed E-state index contributed by atoms with van der Waals surface area (Å²) in [6, 6.07) is 7.09. The van der Waals surface area contributed by atoms with E-state index in [2.05, 4.69) is 5.32 Å². The smallest absolute Gasteiger partial charge is 0.132 e. The van der Waals surface area contributed by atoms with E-state index >= 15 is 0 Å². The molecule has 0 aromatic heterocycles. The molecular formula is C11H17FN2+2. The van der Waals surface area contributed by atoms with Crippen LogP contribution in [0.15, 0.2) is 24.3 Å². The third kappa shape index (κ3) is 2.30. The predicted octanol–water partition coefficient (Wildman–Crippen LogP) is -1.21. The highest BCUT2D eigenvalue weighted by atomic mass is 19.1. The average Bonchev–Trinajstić information content (AvgIpc) is 2.23. The molecule has 2 nitrogen and oxygen atoms in total. The zero-order valence-electron chi connectivity index (χ0n) is 8.30. The summed E-state index contributed by atoms with van der Waals surface area (Å²) < 4.78 is 13.3. The molecule has 14 heavy (non-hydrogen) atoms. The van der Waals surface area contributed by atoms with Crippen LogP contribution in [0.2, 0.25) is 0 Å². The largest absolute Gasteiger partial charge is 0.337 e. The van der Waals surface area contributed by atoms with E-state index in [1.807, 2.05) is 12.1 Å². The first-order valence-corrected chi connectivity index (χ1v) is 5.25. The number of halogens is 1. The molecule has 0 aliphatic carbocycles. The van der Waals surface area contributed by atoms with Crippen molar-refractivity contribution in [3.8, 4) is 0 Å². The van der Waals surface area contributed by atoms with Gasteiger partial charge in [0.25, 0.3) is 0 Å². The fraction of sp³-hybridized carbons (Fsp3) is 0.455. The molecule has 2 rings (SSSR count). The topological polar surface area (TPSA) is 21.1 Å². The molecule has 1 fully saturated rings. The van der Waals surface area contributed by atoms with Crippen LogP contribution in [0.5, 0.6) is 0 Å². The molecule has 76 valence electrons. The van der Waals surface area contributed by atoms with Crippen LogP contribution in [-0.2, 0) is 6.54 Å². The fourth-order valence-electron chi connectivity index (χ4n) is 1.97. The lowest BCUT2D eigenvalue weighted by Gasteiger charge is -2.22. The van der Waals surface area contributed by atoms with Crippen molar-refractivity contribution in [3.05, 3.63) is 35.6 Å². The molecule has 3 heteroatoms. The van der Waals surface area contributed by atoms with E-state index in [0.29, 0.717) is 0 Å². The summed E-state index contributed by atoms with van der Waals surface area (Å²) in [5.74, 6) is -0.0606. The summed E-state index contributed by atoms with van der Waals surface area (Å²) in [6.07, 6.45) is 0. The monoisotopic (exact) mass is 196 g/mol. The molecule has 0 spiro atoms. The van der Waals surface area contributed by atoms with Gasteiger partial charge in [-0.15, -0.1) is 0 Å². The third-order valence-corrected chi connectivity index (χ3v) is 2.80. The fourth-order valence-corrected chi connectivity index (χ4v) is 1.97. The van der Waals surface area contributed by atoms with Crippen LogP contribution in [0.4, 0.5) is 4.39 Å². The van der Waals surface area contributed by atoms with E-state index in [4.69, 9.17) is 0 Å². The Bertz CT molecular complexity index is 295. The van der Waals surface area contributed by atoms with Crippen molar-refractivity contribution < 1.29 is 14.6 Å².